The fourth-order valence-corrected chi connectivity index (χ4v) is 6.46. The predicted octanol–water partition coefficient (Wildman–Crippen LogP) is 1.97. The molecule has 7 atom stereocenters. The Morgan fingerprint density at radius 1 is 1.13 bits per heavy atom. The highest BCUT2D eigenvalue weighted by Gasteiger charge is 2.68. The van der Waals surface area contributed by atoms with E-state index in [1.165, 1.54) is 7.05 Å². The molecule has 2 unspecified atom stereocenters. The zero-order valence-corrected chi connectivity index (χ0v) is 22.0. The Balaban J connectivity index is 1.44. The lowest BCUT2D eigenvalue weighted by molar-refractivity contribution is -0.142. The van der Waals surface area contributed by atoms with Crippen molar-refractivity contribution in [3.8, 4) is 0 Å². The first-order valence-corrected chi connectivity index (χ1v) is 13.1. The number of likely N-dealkylation sites (tertiary alicyclic amines) is 1. The topological polar surface area (TPSA) is 108 Å². The van der Waals surface area contributed by atoms with Gasteiger partial charge in [-0.1, -0.05) is 13.8 Å². The van der Waals surface area contributed by atoms with Gasteiger partial charge in [0.05, 0.1) is 6.04 Å². The van der Waals surface area contributed by atoms with E-state index in [1.54, 1.807) is 4.90 Å². The summed E-state index contributed by atoms with van der Waals surface area (Å²) in [5.41, 5.74) is -0.160. The van der Waals surface area contributed by atoms with E-state index in [1.807, 2.05) is 13.8 Å². The van der Waals surface area contributed by atoms with Gasteiger partial charge in [-0.3, -0.25) is 24.1 Å². The summed E-state index contributed by atoms with van der Waals surface area (Å²) in [5.74, 6) is -11.6. The first-order valence-electron chi connectivity index (χ1n) is 13.1. The molecule has 2 aliphatic heterocycles. The van der Waals surface area contributed by atoms with Crippen LogP contribution in [-0.4, -0.2) is 79.8 Å². The number of hydrogen-bond acceptors (Lipinski definition) is 6. The van der Waals surface area contributed by atoms with Crippen molar-refractivity contribution in [3.63, 3.8) is 0 Å². The smallest absolute Gasteiger partial charge is 0.287 e. The summed E-state index contributed by atoms with van der Waals surface area (Å²) < 4.78 is 68.8. The average molecular weight is 561 g/mol. The highest BCUT2D eigenvalue weighted by molar-refractivity contribution is 6.37. The van der Waals surface area contributed by atoms with Crippen LogP contribution in [0.25, 0.3) is 0 Å². The van der Waals surface area contributed by atoms with Crippen LogP contribution in [0.1, 0.15) is 33.1 Å². The van der Waals surface area contributed by atoms with E-state index >= 15 is 0 Å². The molecule has 216 valence electrons. The monoisotopic (exact) mass is 560 g/mol. The van der Waals surface area contributed by atoms with Crippen LogP contribution in [-0.2, 0) is 19.2 Å². The van der Waals surface area contributed by atoms with E-state index in [2.05, 4.69) is 16.0 Å². The zero-order valence-electron chi connectivity index (χ0n) is 22.0. The molecular weight excluding hydrogens is 527 g/mol. The molecule has 4 aliphatic rings. The maximum Gasteiger partial charge on any atom is 0.287 e. The quantitative estimate of drug-likeness (QED) is 0.264. The van der Waals surface area contributed by atoms with Crippen molar-refractivity contribution in [2.75, 3.05) is 33.2 Å². The lowest BCUT2D eigenvalue weighted by Crippen LogP contribution is -2.48. The van der Waals surface area contributed by atoms with Crippen molar-refractivity contribution in [1.29, 1.82) is 0 Å². The summed E-state index contributed by atoms with van der Waals surface area (Å²) in [5, 5.41) is 7.34. The van der Waals surface area contributed by atoms with E-state index in [9.17, 15) is 41.1 Å². The van der Waals surface area contributed by atoms with Crippen LogP contribution in [0.4, 0.5) is 22.0 Å². The van der Waals surface area contributed by atoms with Gasteiger partial charge in [0.25, 0.3) is 5.91 Å². The highest BCUT2D eigenvalue weighted by atomic mass is 19.2. The molecule has 0 bridgehead atoms. The Hall–Kier alpha value is -2.67. The zero-order chi connectivity index (χ0) is 28.8. The molecule has 0 radical (unpaired) electrons. The molecule has 3 N–H and O–H groups in total. The normalized spacial score (nSPS) is 32.7. The maximum absolute atomic E-state index is 14.2. The molecule has 8 nitrogen and oxygen atoms in total. The summed E-state index contributed by atoms with van der Waals surface area (Å²) in [6.07, 6.45) is -2.44. The number of halogens is 5. The third-order valence-corrected chi connectivity index (χ3v) is 8.82. The number of carbonyl (C=O) groups is 4. The van der Waals surface area contributed by atoms with Crippen molar-refractivity contribution in [2.24, 2.45) is 29.1 Å². The molecule has 0 spiro atoms. The number of Topliss-reactive ketones (excluding diaryl/α,β-unsaturated/α-hetero) is 2. The highest BCUT2D eigenvalue weighted by Crippen LogP contribution is 2.65. The molecular formula is C26H33F5N4O4. The lowest BCUT2D eigenvalue weighted by Gasteiger charge is -2.32. The van der Waals surface area contributed by atoms with Gasteiger partial charge in [-0.15, -0.1) is 0 Å². The van der Waals surface area contributed by atoms with Crippen LogP contribution < -0.4 is 16.0 Å². The Bertz CT molecular complexity index is 1130. The molecule has 13 heteroatoms. The molecule has 0 aromatic carbocycles. The van der Waals surface area contributed by atoms with Crippen molar-refractivity contribution in [3.05, 3.63) is 23.3 Å². The Kier molecular flexibility index (Phi) is 8.32. The van der Waals surface area contributed by atoms with Gasteiger partial charge in [0.15, 0.2) is 35.3 Å². The fourth-order valence-electron chi connectivity index (χ4n) is 6.46. The van der Waals surface area contributed by atoms with Crippen molar-refractivity contribution in [1.82, 2.24) is 20.9 Å². The number of fused-ring (bicyclic) bond motifs is 1. The standard InChI is InChI=1S/C26H33F5N4O4/c1-26(2)13-10-35(7-6-33-21-19(30)17(28)16(27)18(29)20(21)31)22(15(13)26)14(36)9-12(23(37)25(39)32-3)8-11-4-5-34-24(11)38/h11-13,15,19,21-22,33H,4-10H2,1-3H3,(H,32,39)(H,34,38)/t11-,12+,13-,15-,19?,21?,22+/m0/s1. The number of hydrogen-bond donors (Lipinski definition) is 3. The molecule has 2 heterocycles. The third kappa shape index (κ3) is 5.39. The van der Waals surface area contributed by atoms with Crippen LogP contribution in [0, 0.1) is 29.1 Å². The minimum atomic E-state index is -2.74. The molecule has 39 heavy (non-hydrogen) atoms. The second-order valence-electron chi connectivity index (χ2n) is 11.4. The molecule has 2 saturated heterocycles. The predicted molar refractivity (Wildman–Crippen MR) is 129 cm³/mol. The van der Waals surface area contributed by atoms with Crippen LogP contribution >= 0.6 is 0 Å². The van der Waals surface area contributed by atoms with Crippen molar-refractivity contribution in [2.45, 2.75) is 51.4 Å². The van der Waals surface area contributed by atoms with E-state index in [0.717, 1.165) is 0 Å². The Morgan fingerprint density at radius 2 is 1.79 bits per heavy atom. The van der Waals surface area contributed by atoms with Gasteiger partial charge in [-0.05, 0) is 30.1 Å². The Labute approximate surface area is 222 Å². The Morgan fingerprint density at radius 3 is 2.41 bits per heavy atom. The van der Waals surface area contributed by atoms with Gasteiger partial charge >= 0.3 is 0 Å². The van der Waals surface area contributed by atoms with Crippen molar-refractivity contribution >= 4 is 23.4 Å². The van der Waals surface area contributed by atoms with E-state index < -0.39 is 65.1 Å². The van der Waals surface area contributed by atoms with E-state index in [4.69, 9.17) is 0 Å². The molecule has 0 aromatic rings. The molecule has 0 aromatic heterocycles. The summed E-state index contributed by atoms with van der Waals surface area (Å²) >= 11 is 0. The van der Waals surface area contributed by atoms with Crippen LogP contribution in [0.3, 0.4) is 0 Å². The fraction of sp³-hybridized carbons (Fsp3) is 0.692. The number of piperidine rings is 1. The minimum Gasteiger partial charge on any atom is -0.356 e. The number of allylic oxidation sites excluding steroid dienone is 2. The minimum absolute atomic E-state index is 0.0531. The van der Waals surface area contributed by atoms with Gasteiger partial charge in [0, 0.05) is 51.5 Å². The number of likely N-dealkylation sites (N-methyl/N-ethyl adjacent to an activating group) is 1. The number of nitrogens with one attached hydrogen (secondary N) is 3. The summed E-state index contributed by atoms with van der Waals surface area (Å²) in [6, 6.07) is -2.69. The molecule has 2 aliphatic carbocycles. The summed E-state index contributed by atoms with van der Waals surface area (Å²) in [6.45, 7) is 4.88. The first kappa shape index (κ1) is 29.3. The lowest BCUT2D eigenvalue weighted by atomic mass is 9.84. The van der Waals surface area contributed by atoms with E-state index in [-0.39, 0.29) is 54.9 Å². The second kappa shape index (κ2) is 11.1. The second-order valence-corrected chi connectivity index (χ2v) is 11.4. The van der Waals surface area contributed by atoms with Crippen LogP contribution in [0.5, 0.6) is 0 Å². The molecule has 1 saturated carbocycles. The molecule has 4 rings (SSSR count). The number of amides is 2. The van der Waals surface area contributed by atoms with Gasteiger partial charge in [0.2, 0.25) is 11.7 Å². The average Bonchev–Trinajstić information content (AvgIpc) is 3.24. The van der Waals surface area contributed by atoms with Crippen LogP contribution in [0.2, 0.25) is 0 Å². The maximum atomic E-state index is 14.2. The van der Waals surface area contributed by atoms with Gasteiger partial charge < -0.3 is 16.0 Å². The van der Waals surface area contributed by atoms with Crippen molar-refractivity contribution < 1.29 is 41.1 Å². The number of ketones is 2. The molecule has 2 amide bonds. The largest absolute Gasteiger partial charge is 0.356 e. The van der Waals surface area contributed by atoms with Gasteiger partial charge in [-0.25, -0.2) is 22.0 Å². The van der Waals surface area contributed by atoms with E-state index in [0.29, 0.717) is 19.5 Å². The van der Waals surface area contributed by atoms with Gasteiger partial charge in [0.1, 0.15) is 6.04 Å². The number of carbonyl (C=O) groups excluding carboxylic acids is 4. The third-order valence-electron chi connectivity index (χ3n) is 8.82. The summed E-state index contributed by atoms with van der Waals surface area (Å²) in [4.78, 5) is 52.5. The number of alkyl halides is 1. The van der Waals surface area contributed by atoms with Crippen LogP contribution in [0.15, 0.2) is 23.3 Å². The van der Waals surface area contributed by atoms with Gasteiger partial charge in [-0.2, -0.15) is 0 Å². The number of nitrogens with zero attached hydrogens (tertiary/aromatic N) is 1. The first-order chi connectivity index (χ1) is 18.3. The summed E-state index contributed by atoms with van der Waals surface area (Å²) in [7, 11) is 1.30. The number of rotatable bonds is 11. The SMILES string of the molecule is CNC(=O)C(=O)[C@@H](CC(=O)[C@@H]1[C@@H]2[C@H](CN1CCNC1C(F)=C(F)C(F)=C(F)C1F)C2(C)C)C[C@@H]1CCNC1=O. The molecule has 3 fully saturated rings.